The van der Waals surface area contributed by atoms with Gasteiger partial charge in [-0.3, -0.25) is 0 Å². The van der Waals surface area contributed by atoms with Crippen LogP contribution in [-0.4, -0.2) is 12.2 Å². The first-order valence-corrected chi connectivity index (χ1v) is 7.19. The van der Waals surface area contributed by atoms with E-state index in [9.17, 15) is 5.11 Å². The maximum atomic E-state index is 9.52. The minimum atomic E-state index is -0.565. The van der Waals surface area contributed by atoms with Crippen molar-refractivity contribution in [1.29, 1.82) is 0 Å². The van der Waals surface area contributed by atoms with Crippen molar-refractivity contribution in [3.05, 3.63) is 57.6 Å². The van der Waals surface area contributed by atoms with Crippen molar-refractivity contribution >= 4 is 23.2 Å². The van der Waals surface area contributed by atoms with Gasteiger partial charge in [-0.1, -0.05) is 29.3 Å². The molecule has 0 bridgehead atoms. The Morgan fingerprint density at radius 2 is 1.81 bits per heavy atom. The minimum absolute atomic E-state index is 0.289. The summed E-state index contributed by atoms with van der Waals surface area (Å²) in [5.74, 6) is 1.25. The molecule has 0 saturated heterocycles. The molecule has 1 N–H and O–H groups in total. The van der Waals surface area contributed by atoms with Gasteiger partial charge < -0.3 is 14.6 Å². The van der Waals surface area contributed by atoms with Gasteiger partial charge in [-0.15, -0.1) is 0 Å². The second-order valence-electron chi connectivity index (χ2n) is 4.61. The lowest BCUT2D eigenvalue weighted by molar-refractivity contribution is 0.199. The van der Waals surface area contributed by atoms with Crippen LogP contribution in [0.3, 0.4) is 0 Å². The molecule has 0 aliphatic rings. The van der Waals surface area contributed by atoms with Gasteiger partial charge in [0.05, 0.1) is 18.2 Å². The molecule has 0 heterocycles. The van der Waals surface area contributed by atoms with E-state index < -0.39 is 6.10 Å². The lowest BCUT2D eigenvalue weighted by Crippen LogP contribution is -2.00. The number of ether oxygens (including phenoxy) is 2. The first kappa shape index (κ1) is 16.0. The molecule has 0 radical (unpaired) electrons. The Hall–Kier alpha value is -1.42. The van der Waals surface area contributed by atoms with Crippen LogP contribution < -0.4 is 9.47 Å². The van der Waals surface area contributed by atoms with E-state index in [1.807, 2.05) is 0 Å². The van der Waals surface area contributed by atoms with Crippen molar-refractivity contribution in [2.45, 2.75) is 19.6 Å². The zero-order valence-corrected chi connectivity index (χ0v) is 13.3. The van der Waals surface area contributed by atoms with E-state index in [4.69, 9.17) is 32.7 Å². The van der Waals surface area contributed by atoms with E-state index in [1.165, 1.54) is 0 Å². The maximum absolute atomic E-state index is 9.52. The fourth-order valence-corrected chi connectivity index (χ4v) is 2.35. The normalized spacial score (nSPS) is 12.0. The summed E-state index contributed by atoms with van der Waals surface area (Å²) >= 11 is 12.1. The zero-order chi connectivity index (χ0) is 15.4. The zero-order valence-electron chi connectivity index (χ0n) is 11.8. The van der Waals surface area contributed by atoms with Crippen molar-refractivity contribution in [3.8, 4) is 11.5 Å². The minimum Gasteiger partial charge on any atom is -0.496 e. The third-order valence-electron chi connectivity index (χ3n) is 3.06. The molecule has 0 aliphatic carbocycles. The predicted molar refractivity (Wildman–Crippen MR) is 84.4 cm³/mol. The largest absolute Gasteiger partial charge is 0.496 e. The van der Waals surface area contributed by atoms with Gasteiger partial charge in [0.25, 0.3) is 0 Å². The molecular weight excluding hydrogens is 311 g/mol. The average molecular weight is 327 g/mol. The monoisotopic (exact) mass is 326 g/mol. The van der Waals surface area contributed by atoms with Crippen molar-refractivity contribution in [2.75, 3.05) is 7.11 Å². The van der Waals surface area contributed by atoms with E-state index in [0.717, 1.165) is 11.1 Å². The molecule has 0 amide bonds. The molecule has 5 heteroatoms. The average Bonchev–Trinajstić information content (AvgIpc) is 2.46. The van der Waals surface area contributed by atoms with Crippen LogP contribution in [-0.2, 0) is 6.61 Å². The lowest BCUT2D eigenvalue weighted by Gasteiger charge is -2.13. The lowest BCUT2D eigenvalue weighted by atomic mass is 10.1. The van der Waals surface area contributed by atoms with Crippen LogP contribution in [0.2, 0.25) is 10.0 Å². The topological polar surface area (TPSA) is 38.7 Å². The summed E-state index contributed by atoms with van der Waals surface area (Å²) < 4.78 is 11.0. The molecule has 112 valence electrons. The van der Waals surface area contributed by atoms with E-state index in [0.29, 0.717) is 21.5 Å². The summed E-state index contributed by atoms with van der Waals surface area (Å²) in [7, 11) is 1.59. The molecule has 2 rings (SSSR count). The van der Waals surface area contributed by atoms with Gasteiger partial charge in [0.15, 0.2) is 0 Å². The molecule has 0 aromatic heterocycles. The molecule has 0 spiro atoms. The molecular formula is C16H16Cl2O3. The number of halogens is 2. The standard InChI is InChI=1S/C16H16Cl2O3/c1-10(19)11-3-5-16(14(18)8-11)21-9-12-7-13(17)4-6-15(12)20-2/h3-8,10,19H,9H2,1-2H3/t10-/m0/s1. The first-order valence-electron chi connectivity index (χ1n) is 6.44. The highest BCUT2D eigenvalue weighted by molar-refractivity contribution is 6.32. The Kier molecular flexibility index (Phi) is 5.34. The van der Waals surface area contributed by atoms with Gasteiger partial charge in [-0.25, -0.2) is 0 Å². The quantitative estimate of drug-likeness (QED) is 0.870. The second kappa shape index (κ2) is 7.03. The van der Waals surface area contributed by atoms with E-state index >= 15 is 0 Å². The van der Waals surface area contributed by atoms with Gasteiger partial charge in [0.1, 0.15) is 18.1 Å². The van der Waals surface area contributed by atoms with Gasteiger partial charge >= 0.3 is 0 Å². The van der Waals surface area contributed by atoms with E-state index in [-0.39, 0.29) is 6.61 Å². The summed E-state index contributed by atoms with van der Waals surface area (Å²) in [4.78, 5) is 0. The summed E-state index contributed by atoms with van der Waals surface area (Å²) in [6.45, 7) is 1.97. The molecule has 0 unspecified atom stereocenters. The molecule has 0 fully saturated rings. The summed E-state index contributed by atoms with van der Waals surface area (Å²) in [5.41, 5.74) is 1.58. The van der Waals surface area contributed by atoms with Crippen LogP contribution in [0.5, 0.6) is 11.5 Å². The molecule has 1 atom stereocenters. The van der Waals surface area contributed by atoms with Crippen LogP contribution in [0.1, 0.15) is 24.2 Å². The molecule has 3 nitrogen and oxygen atoms in total. The number of benzene rings is 2. The van der Waals surface area contributed by atoms with Crippen molar-refractivity contribution in [1.82, 2.24) is 0 Å². The fraction of sp³-hybridized carbons (Fsp3) is 0.250. The maximum Gasteiger partial charge on any atom is 0.138 e. The highest BCUT2D eigenvalue weighted by Gasteiger charge is 2.09. The number of methoxy groups -OCH3 is 1. The smallest absolute Gasteiger partial charge is 0.138 e. The molecule has 2 aromatic carbocycles. The highest BCUT2D eigenvalue weighted by atomic mass is 35.5. The Morgan fingerprint density at radius 1 is 1.10 bits per heavy atom. The second-order valence-corrected chi connectivity index (χ2v) is 5.45. The number of hydrogen-bond donors (Lipinski definition) is 1. The molecule has 21 heavy (non-hydrogen) atoms. The van der Waals surface area contributed by atoms with Crippen LogP contribution in [0.15, 0.2) is 36.4 Å². The van der Waals surface area contributed by atoms with Crippen LogP contribution in [0.4, 0.5) is 0 Å². The predicted octanol–water partition coefficient (Wildman–Crippen LogP) is 4.63. The summed E-state index contributed by atoms with van der Waals surface area (Å²) in [6.07, 6.45) is -0.565. The number of hydrogen-bond acceptors (Lipinski definition) is 3. The van der Waals surface area contributed by atoms with Crippen LogP contribution in [0.25, 0.3) is 0 Å². The van der Waals surface area contributed by atoms with E-state index in [2.05, 4.69) is 0 Å². The molecule has 0 aliphatic heterocycles. The Morgan fingerprint density at radius 3 is 2.43 bits per heavy atom. The van der Waals surface area contributed by atoms with Gasteiger partial charge in [0.2, 0.25) is 0 Å². The van der Waals surface area contributed by atoms with Crippen LogP contribution >= 0.6 is 23.2 Å². The van der Waals surface area contributed by atoms with E-state index in [1.54, 1.807) is 50.4 Å². The van der Waals surface area contributed by atoms with Gasteiger partial charge in [0, 0.05) is 10.6 Å². The number of rotatable bonds is 5. The fourth-order valence-electron chi connectivity index (χ4n) is 1.91. The number of aliphatic hydroxyl groups is 1. The SMILES string of the molecule is COc1ccc(Cl)cc1COc1ccc([C@H](C)O)cc1Cl. The highest BCUT2D eigenvalue weighted by Crippen LogP contribution is 2.30. The van der Waals surface area contributed by atoms with Gasteiger partial charge in [-0.05, 0) is 42.8 Å². The van der Waals surface area contributed by atoms with Crippen molar-refractivity contribution in [3.63, 3.8) is 0 Å². The van der Waals surface area contributed by atoms with Crippen LogP contribution in [0, 0.1) is 0 Å². The third kappa shape index (κ3) is 4.03. The Bertz CT molecular complexity index is 627. The molecule has 0 saturated carbocycles. The Labute approximate surface area is 134 Å². The van der Waals surface area contributed by atoms with Crippen molar-refractivity contribution < 1.29 is 14.6 Å². The van der Waals surface area contributed by atoms with Gasteiger partial charge in [-0.2, -0.15) is 0 Å². The number of aliphatic hydroxyl groups excluding tert-OH is 1. The summed E-state index contributed by atoms with van der Waals surface area (Å²) in [6, 6.07) is 10.5. The summed E-state index contributed by atoms with van der Waals surface area (Å²) in [5, 5.41) is 10.6. The van der Waals surface area contributed by atoms with Crippen molar-refractivity contribution in [2.24, 2.45) is 0 Å². The molecule has 2 aromatic rings. The Balaban J connectivity index is 2.15. The first-order chi connectivity index (χ1) is 10.0. The third-order valence-corrected chi connectivity index (χ3v) is 3.59.